The number of halogens is 1. The Kier molecular flexibility index (Phi) is 4.16. The summed E-state index contributed by atoms with van der Waals surface area (Å²) < 4.78 is 25.5. The van der Waals surface area contributed by atoms with Gasteiger partial charge in [0.05, 0.1) is 12.7 Å². The van der Waals surface area contributed by atoms with Crippen LogP contribution in [0.5, 0.6) is 0 Å². The molecule has 1 heterocycles. The van der Waals surface area contributed by atoms with Gasteiger partial charge in [0.1, 0.15) is 6.61 Å². The molecule has 0 aromatic rings. The van der Waals surface area contributed by atoms with Gasteiger partial charge in [-0.1, -0.05) is 26.2 Å². The molecular weight excluding hydrogens is 209 g/mol. The van der Waals surface area contributed by atoms with Crippen LogP contribution in [-0.2, 0) is 9.47 Å². The van der Waals surface area contributed by atoms with Gasteiger partial charge in [-0.2, -0.15) is 4.39 Å². The largest absolute Gasteiger partial charge is 0.373 e. The number of hydrogen-bond acceptors (Lipinski definition) is 3. The lowest BCUT2D eigenvalue weighted by Gasteiger charge is -2.42. The van der Waals surface area contributed by atoms with Crippen molar-refractivity contribution in [3.05, 3.63) is 0 Å². The van der Waals surface area contributed by atoms with Crippen molar-refractivity contribution in [2.75, 3.05) is 26.3 Å². The Morgan fingerprint density at radius 1 is 1.38 bits per heavy atom. The maximum atomic E-state index is 14.6. The minimum absolute atomic E-state index is 0.0529. The van der Waals surface area contributed by atoms with Gasteiger partial charge in [0, 0.05) is 13.1 Å². The topological polar surface area (TPSA) is 21.7 Å². The standard InChI is InChI=1S/C12H22FNO2/c1-2-14-8-9-15-10-12(14,13)16-11-6-4-3-5-7-11/h11H,2-10H2,1H3. The number of ether oxygens (including phenoxy) is 2. The molecule has 0 amide bonds. The van der Waals surface area contributed by atoms with E-state index in [0.29, 0.717) is 19.7 Å². The summed E-state index contributed by atoms with van der Waals surface area (Å²) in [5.41, 5.74) is 0. The third-order valence-electron chi connectivity index (χ3n) is 3.54. The van der Waals surface area contributed by atoms with Gasteiger partial charge >= 0.3 is 0 Å². The zero-order valence-electron chi connectivity index (χ0n) is 10.1. The Morgan fingerprint density at radius 3 is 2.81 bits per heavy atom. The van der Waals surface area contributed by atoms with E-state index in [-0.39, 0.29) is 12.7 Å². The monoisotopic (exact) mass is 231 g/mol. The summed E-state index contributed by atoms with van der Waals surface area (Å²) in [4.78, 5) is 1.74. The van der Waals surface area contributed by atoms with Crippen molar-refractivity contribution >= 4 is 0 Å². The highest BCUT2D eigenvalue weighted by Gasteiger charge is 2.42. The molecule has 1 unspecified atom stereocenters. The van der Waals surface area contributed by atoms with Crippen molar-refractivity contribution < 1.29 is 13.9 Å². The van der Waals surface area contributed by atoms with Gasteiger partial charge < -0.3 is 9.47 Å². The maximum Gasteiger partial charge on any atom is 0.292 e. The lowest BCUT2D eigenvalue weighted by Crippen LogP contribution is -2.56. The van der Waals surface area contributed by atoms with Crippen molar-refractivity contribution in [2.45, 2.75) is 51.1 Å². The Balaban J connectivity index is 1.93. The minimum atomic E-state index is -1.69. The molecular formula is C12H22FNO2. The highest BCUT2D eigenvalue weighted by atomic mass is 19.2. The highest BCUT2D eigenvalue weighted by Crippen LogP contribution is 2.30. The first-order valence-corrected chi connectivity index (χ1v) is 6.44. The number of nitrogens with zero attached hydrogens (tertiary/aromatic N) is 1. The molecule has 4 heteroatoms. The van der Waals surface area contributed by atoms with Crippen molar-refractivity contribution in [3.8, 4) is 0 Å². The molecule has 1 atom stereocenters. The van der Waals surface area contributed by atoms with E-state index in [4.69, 9.17) is 9.47 Å². The van der Waals surface area contributed by atoms with E-state index < -0.39 is 5.98 Å². The first-order chi connectivity index (χ1) is 7.74. The van der Waals surface area contributed by atoms with Crippen LogP contribution in [0.4, 0.5) is 4.39 Å². The second-order valence-corrected chi connectivity index (χ2v) is 4.70. The van der Waals surface area contributed by atoms with Crippen LogP contribution >= 0.6 is 0 Å². The molecule has 1 saturated heterocycles. The fourth-order valence-electron chi connectivity index (χ4n) is 2.57. The SMILES string of the molecule is CCN1CCOCC1(F)OC1CCCCC1. The molecule has 0 N–H and O–H groups in total. The van der Waals surface area contributed by atoms with Crippen molar-refractivity contribution in [3.63, 3.8) is 0 Å². The third-order valence-corrected chi connectivity index (χ3v) is 3.54. The van der Waals surface area contributed by atoms with Crippen LogP contribution in [0.2, 0.25) is 0 Å². The van der Waals surface area contributed by atoms with Crippen molar-refractivity contribution in [1.82, 2.24) is 4.90 Å². The molecule has 0 bridgehead atoms. The molecule has 2 aliphatic rings. The molecule has 16 heavy (non-hydrogen) atoms. The van der Waals surface area contributed by atoms with Crippen LogP contribution in [0.1, 0.15) is 39.0 Å². The summed E-state index contributed by atoms with van der Waals surface area (Å²) in [6.45, 7) is 3.92. The molecule has 1 saturated carbocycles. The minimum Gasteiger partial charge on any atom is -0.373 e. The lowest BCUT2D eigenvalue weighted by atomic mass is 9.98. The molecule has 2 rings (SSSR count). The summed E-state index contributed by atoms with van der Waals surface area (Å²) in [5, 5.41) is 0. The zero-order valence-corrected chi connectivity index (χ0v) is 10.1. The maximum absolute atomic E-state index is 14.6. The second-order valence-electron chi connectivity index (χ2n) is 4.70. The van der Waals surface area contributed by atoms with Gasteiger partial charge in [0.25, 0.3) is 5.98 Å². The van der Waals surface area contributed by atoms with Crippen molar-refractivity contribution in [2.24, 2.45) is 0 Å². The van der Waals surface area contributed by atoms with Gasteiger partial charge in [-0.15, -0.1) is 0 Å². The van der Waals surface area contributed by atoms with E-state index in [0.717, 1.165) is 25.7 Å². The van der Waals surface area contributed by atoms with Gasteiger partial charge in [-0.25, -0.2) is 4.90 Å². The normalized spacial score (nSPS) is 34.1. The number of alkyl halides is 1. The van der Waals surface area contributed by atoms with Crippen LogP contribution in [0.3, 0.4) is 0 Å². The molecule has 94 valence electrons. The van der Waals surface area contributed by atoms with E-state index in [1.807, 2.05) is 6.92 Å². The fraction of sp³-hybridized carbons (Fsp3) is 1.00. The molecule has 0 radical (unpaired) electrons. The fourth-order valence-corrected chi connectivity index (χ4v) is 2.57. The Morgan fingerprint density at radius 2 is 2.12 bits per heavy atom. The predicted octanol–water partition coefficient (Wildman–Crippen LogP) is 2.31. The van der Waals surface area contributed by atoms with E-state index in [1.54, 1.807) is 4.90 Å². The quantitative estimate of drug-likeness (QED) is 0.696. The Bertz CT molecular complexity index is 221. The zero-order chi connectivity index (χ0) is 11.4. The van der Waals surface area contributed by atoms with Crippen LogP contribution in [0.25, 0.3) is 0 Å². The summed E-state index contributed by atoms with van der Waals surface area (Å²) in [6.07, 6.45) is 5.63. The second kappa shape index (κ2) is 5.43. The summed E-state index contributed by atoms with van der Waals surface area (Å²) in [5.74, 6) is -1.69. The Hall–Kier alpha value is -0.190. The summed E-state index contributed by atoms with van der Waals surface area (Å²) in [7, 11) is 0. The van der Waals surface area contributed by atoms with E-state index in [9.17, 15) is 4.39 Å². The number of likely N-dealkylation sites (N-methyl/N-ethyl adjacent to an activating group) is 1. The molecule has 3 nitrogen and oxygen atoms in total. The molecule has 1 aliphatic heterocycles. The summed E-state index contributed by atoms with van der Waals surface area (Å²) in [6, 6.07) is 0. The highest BCUT2D eigenvalue weighted by molar-refractivity contribution is 4.77. The molecule has 0 aromatic carbocycles. The smallest absolute Gasteiger partial charge is 0.292 e. The van der Waals surface area contributed by atoms with E-state index in [1.165, 1.54) is 6.42 Å². The molecule has 0 spiro atoms. The average Bonchev–Trinajstić information content (AvgIpc) is 2.30. The summed E-state index contributed by atoms with van der Waals surface area (Å²) >= 11 is 0. The Labute approximate surface area is 96.9 Å². The van der Waals surface area contributed by atoms with Crippen molar-refractivity contribution in [1.29, 1.82) is 0 Å². The van der Waals surface area contributed by atoms with Crippen LogP contribution in [0, 0.1) is 0 Å². The molecule has 1 aliphatic carbocycles. The van der Waals surface area contributed by atoms with Gasteiger partial charge in [0.15, 0.2) is 0 Å². The van der Waals surface area contributed by atoms with Crippen LogP contribution in [-0.4, -0.2) is 43.3 Å². The third kappa shape index (κ3) is 2.73. The van der Waals surface area contributed by atoms with E-state index >= 15 is 0 Å². The first kappa shape index (κ1) is 12.3. The van der Waals surface area contributed by atoms with Crippen LogP contribution in [0.15, 0.2) is 0 Å². The first-order valence-electron chi connectivity index (χ1n) is 6.44. The van der Waals surface area contributed by atoms with Gasteiger partial charge in [0.2, 0.25) is 0 Å². The number of hydrogen-bond donors (Lipinski definition) is 0. The van der Waals surface area contributed by atoms with E-state index in [2.05, 4.69) is 0 Å². The predicted molar refractivity (Wildman–Crippen MR) is 59.9 cm³/mol. The average molecular weight is 231 g/mol. The number of rotatable bonds is 3. The van der Waals surface area contributed by atoms with Gasteiger partial charge in [-0.05, 0) is 12.8 Å². The van der Waals surface area contributed by atoms with Crippen LogP contribution < -0.4 is 0 Å². The molecule has 0 aromatic heterocycles. The molecule has 2 fully saturated rings. The number of morpholine rings is 1. The lowest BCUT2D eigenvalue weighted by molar-refractivity contribution is -0.310. The van der Waals surface area contributed by atoms with Gasteiger partial charge in [-0.3, -0.25) is 0 Å².